The Kier molecular flexibility index (Phi) is 3.12. The first-order chi connectivity index (χ1) is 7.89. The Morgan fingerprint density at radius 1 is 1.53 bits per heavy atom. The SMILES string of the molecule is CC1(C)CNC(CC(=O)O)C(=O)N(C2CC2)C1. The lowest BCUT2D eigenvalue weighted by Gasteiger charge is -2.29. The molecular formula is C12H20N2O3. The predicted molar refractivity (Wildman–Crippen MR) is 62.6 cm³/mol. The van der Waals surface area contributed by atoms with Crippen LogP contribution in [0.3, 0.4) is 0 Å². The van der Waals surface area contributed by atoms with E-state index in [9.17, 15) is 9.59 Å². The molecule has 1 atom stereocenters. The third-order valence-corrected chi connectivity index (χ3v) is 3.37. The maximum atomic E-state index is 12.3. The molecule has 0 aromatic rings. The summed E-state index contributed by atoms with van der Waals surface area (Å²) in [6, 6.07) is -0.215. The molecule has 5 heteroatoms. The molecule has 1 heterocycles. The van der Waals surface area contributed by atoms with Crippen molar-refractivity contribution >= 4 is 11.9 Å². The Morgan fingerprint density at radius 3 is 2.71 bits per heavy atom. The lowest BCUT2D eigenvalue weighted by Crippen LogP contribution is -2.45. The van der Waals surface area contributed by atoms with Crippen molar-refractivity contribution in [1.29, 1.82) is 0 Å². The topological polar surface area (TPSA) is 69.6 Å². The van der Waals surface area contributed by atoms with Crippen LogP contribution in [0.2, 0.25) is 0 Å². The number of carbonyl (C=O) groups is 2. The van der Waals surface area contributed by atoms with Crippen molar-refractivity contribution in [3.05, 3.63) is 0 Å². The van der Waals surface area contributed by atoms with E-state index >= 15 is 0 Å². The maximum Gasteiger partial charge on any atom is 0.305 e. The summed E-state index contributed by atoms with van der Waals surface area (Å²) in [5.74, 6) is -0.966. The Labute approximate surface area is 101 Å². The highest BCUT2D eigenvalue weighted by Gasteiger charge is 2.41. The van der Waals surface area contributed by atoms with E-state index in [-0.39, 0.29) is 17.7 Å². The normalized spacial score (nSPS) is 28.9. The number of amides is 1. The highest BCUT2D eigenvalue weighted by atomic mass is 16.4. The third kappa shape index (κ3) is 2.97. The van der Waals surface area contributed by atoms with Crippen LogP contribution in [-0.4, -0.2) is 47.1 Å². The van der Waals surface area contributed by atoms with Crippen LogP contribution in [0.15, 0.2) is 0 Å². The van der Waals surface area contributed by atoms with Crippen LogP contribution in [0.1, 0.15) is 33.1 Å². The quantitative estimate of drug-likeness (QED) is 0.751. The van der Waals surface area contributed by atoms with Gasteiger partial charge in [-0.15, -0.1) is 0 Å². The van der Waals surface area contributed by atoms with Crippen LogP contribution >= 0.6 is 0 Å². The summed E-state index contributed by atoms with van der Waals surface area (Å²) < 4.78 is 0. The Hall–Kier alpha value is -1.10. The molecular weight excluding hydrogens is 220 g/mol. The molecule has 2 rings (SSSR count). The van der Waals surface area contributed by atoms with Crippen molar-refractivity contribution in [2.24, 2.45) is 5.41 Å². The van der Waals surface area contributed by atoms with Crippen molar-refractivity contribution in [2.45, 2.75) is 45.2 Å². The molecule has 96 valence electrons. The molecule has 1 amide bonds. The number of rotatable bonds is 3. The zero-order chi connectivity index (χ0) is 12.6. The van der Waals surface area contributed by atoms with Gasteiger partial charge < -0.3 is 15.3 Å². The Morgan fingerprint density at radius 2 is 2.18 bits per heavy atom. The van der Waals surface area contributed by atoms with Gasteiger partial charge in [0.15, 0.2) is 0 Å². The summed E-state index contributed by atoms with van der Waals surface area (Å²) >= 11 is 0. The van der Waals surface area contributed by atoms with Gasteiger partial charge in [0.2, 0.25) is 5.91 Å². The molecule has 1 saturated carbocycles. The average Bonchev–Trinajstić information content (AvgIpc) is 3.02. The van der Waals surface area contributed by atoms with Gasteiger partial charge in [0.05, 0.1) is 12.5 Å². The number of carboxylic acids is 1. The monoisotopic (exact) mass is 240 g/mol. The van der Waals surface area contributed by atoms with Gasteiger partial charge in [-0.2, -0.15) is 0 Å². The minimum Gasteiger partial charge on any atom is -0.481 e. The fraction of sp³-hybridized carbons (Fsp3) is 0.833. The number of carbonyl (C=O) groups excluding carboxylic acids is 1. The molecule has 2 aliphatic rings. The van der Waals surface area contributed by atoms with E-state index in [4.69, 9.17) is 5.11 Å². The van der Waals surface area contributed by atoms with Gasteiger partial charge in [-0.3, -0.25) is 9.59 Å². The number of hydrogen-bond donors (Lipinski definition) is 2. The molecule has 1 saturated heterocycles. The van der Waals surface area contributed by atoms with Gasteiger partial charge in [0.25, 0.3) is 0 Å². The molecule has 1 aliphatic carbocycles. The molecule has 0 radical (unpaired) electrons. The first kappa shape index (κ1) is 12.4. The van der Waals surface area contributed by atoms with E-state index in [2.05, 4.69) is 19.2 Å². The summed E-state index contributed by atoms with van der Waals surface area (Å²) in [4.78, 5) is 24.9. The van der Waals surface area contributed by atoms with Crippen LogP contribution < -0.4 is 5.32 Å². The van der Waals surface area contributed by atoms with Crippen LogP contribution in [0.4, 0.5) is 0 Å². The molecule has 0 spiro atoms. The van der Waals surface area contributed by atoms with Crippen molar-refractivity contribution in [3.63, 3.8) is 0 Å². The van der Waals surface area contributed by atoms with Crippen molar-refractivity contribution < 1.29 is 14.7 Å². The lowest BCUT2D eigenvalue weighted by molar-refractivity contribution is -0.142. The molecule has 17 heavy (non-hydrogen) atoms. The molecule has 0 bridgehead atoms. The van der Waals surface area contributed by atoms with Crippen molar-refractivity contribution in [1.82, 2.24) is 10.2 Å². The largest absolute Gasteiger partial charge is 0.481 e. The minimum absolute atomic E-state index is 0.00546. The zero-order valence-corrected chi connectivity index (χ0v) is 10.4. The number of carboxylic acid groups (broad SMARTS) is 1. The van der Waals surface area contributed by atoms with Crippen LogP contribution in [0.25, 0.3) is 0 Å². The maximum absolute atomic E-state index is 12.3. The fourth-order valence-corrected chi connectivity index (χ4v) is 2.31. The smallest absolute Gasteiger partial charge is 0.305 e. The summed E-state index contributed by atoms with van der Waals surface area (Å²) in [6.45, 7) is 5.61. The molecule has 1 unspecified atom stereocenters. The van der Waals surface area contributed by atoms with Crippen molar-refractivity contribution in [2.75, 3.05) is 13.1 Å². The molecule has 2 N–H and O–H groups in total. The molecule has 2 fully saturated rings. The van der Waals surface area contributed by atoms with E-state index in [1.165, 1.54) is 0 Å². The summed E-state index contributed by atoms with van der Waals surface area (Å²) in [5, 5.41) is 11.9. The number of hydrogen-bond acceptors (Lipinski definition) is 3. The van der Waals surface area contributed by atoms with E-state index in [1.807, 2.05) is 4.90 Å². The standard InChI is InChI=1S/C12H20N2O3/c1-12(2)6-13-9(5-10(15)16)11(17)14(7-12)8-3-4-8/h8-9,13H,3-7H2,1-2H3,(H,15,16). The van der Waals surface area contributed by atoms with Gasteiger partial charge in [0, 0.05) is 19.1 Å². The average molecular weight is 240 g/mol. The second kappa shape index (κ2) is 4.29. The zero-order valence-electron chi connectivity index (χ0n) is 10.4. The highest BCUT2D eigenvalue weighted by Crippen LogP contribution is 2.32. The summed E-state index contributed by atoms with van der Waals surface area (Å²) in [7, 11) is 0. The number of nitrogens with zero attached hydrogens (tertiary/aromatic N) is 1. The highest BCUT2D eigenvalue weighted by molar-refractivity contribution is 5.87. The van der Waals surface area contributed by atoms with Crippen LogP contribution in [-0.2, 0) is 9.59 Å². The van der Waals surface area contributed by atoms with E-state index in [0.717, 1.165) is 19.4 Å². The van der Waals surface area contributed by atoms with Gasteiger partial charge in [0.1, 0.15) is 0 Å². The number of aliphatic carboxylic acids is 1. The van der Waals surface area contributed by atoms with E-state index in [1.54, 1.807) is 0 Å². The molecule has 0 aromatic heterocycles. The second-order valence-corrected chi connectivity index (χ2v) is 5.89. The predicted octanol–water partition coefficient (Wildman–Crippen LogP) is 0.450. The molecule has 0 aromatic carbocycles. The van der Waals surface area contributed by atoms with E-state index in [0.29, 0.717) is 12.6 Å². The lowest BCUT2D eigenvalue weighted by atomic mass is 9.93. The summed E-state index contributed by atoms with van der Waals surface area (Å²) in [5.41, 5.74) is 0.00546. The molecule has 1 aliphatic heterocycles. The molecule has 5 nitrogen and oxygen atoms in total. The van der Waals surface area contributed by atoms with Crippen LogP contribution in [0, 0.1) is 5.41 Å². The van der Waals surface area contributed by atoms with E-state index < -0.39 is 12.0 Å². The van der Waals surface area contributed by atoms with Gasteiger partial charge >= 0.3 is 5.97 Å². The van der Waals surface area contributed by atoms with Gasteiger partial charge in [-0.05, 0) is 18.3 Å². The summed E-state index contributed by atoms with van der Waals surface area (Å²) in [6.07, 6.45) is 1.99. The third-order valence-electron chi connectivity index (χ3n) is 3.37. The number of nitrogens with one attached hydrogen (secondary N) is 1. The Bertz CT molecular complexity index is 337. The fourth-order valence-electron chi connectivity index (χ4n) is 2.31. The Balaban J connectivity index is 2.13. The minimum atomic E-state index is -0.925. The first-order valence-electron chi connectivity index (χ1n) is 6.15. The van der Waals surface area contributed by atoms with Gasteiger partial charge in [-0.25, -0.2) is 0 Å². The van der Waals surface area contributed by atoms with Gasteiger partial charge in [-0.1, -0.05) is 13.8 Å². The second-order valence-electron chi connectivity index (χ2n) is 5.89. The van der Waals surface area contributed by atoms with Crippen LogP contribution in [0.5, 0.6) is 0 Å². The van der Waals surface area contributed by atoms with Crippen molar-refractivity contribution in [3.8, 4) is 0 Å². The first-order valence-corrected chi connectivity index (χ1v) is 6.15.